The van der Waals surface area contributed by atoms with E-state index in [2.05, 4.69) is 39.1 Å². The third-order valence-corrected chi connectivity index (χ3v) is 6.23. The Morgan fingerprint density at radius 1 is 1.19 bits per heavy atom. The summed E-state index contributed by atoms with van der Waals surface area (Å²) in [4.78, 5) is 2.55. The number of nitrogens with zero attached hydrogens (tertiary/aromatic N) is 1. The van der Waals surface area contributed by atoms with E-state index in [-0.39, 0.29) is 0 Å². The molecule has 146 valence electrons. The van der Waals surface area contributed by atoms with Crippen molar-refractivity contribution in [3.63, 3.8) is 0 Å². The van der Waals surface area contributed by atoms with Crippen LogP contribution in [0.1, 0.15) is 30.9 Å². The van der Waals surface area contributed by atoms with Crippen LogP contribution in [-0.4, -0.2) is 30.6 Å². The lowest BCUT2D eigenvalue weighted by Gasteiger charge is -2.23. The summed E-state index contributed by atoms with van der Waals surface area (Å²) in [6.07, 6.45) is 2.58. The zero-order valence-corrected chi connectivity index (χ0v) is 18.6. The highest BCUT2D eigenvalue weighted by molar-refractivity contribution is 9.10. The summed E-state index contributed by atoms with van der Waals surface area (Å²) in [7, 11) is 0. The molecule has 1 aliphatic rings. The SMILES string of the molecule is CCN1CCC[C@@H]1CNCc1cc(Br)ccc1OCc1ccc(Cl)c(Cl)c1. The molecule has 1 saturated heterocycles. The Bertz CT molecular complexity index is 772. The third-order valence-electron chi connectivity index (χ3n) is 5.00. The number of nitrogens with one attached hydrogen (secondary N) is 1. The molecular weight excluding hydrogens is 447 g/mol. The highest BCUT2D eigenvalue weighted by Crippen LogP contribution is 2.26. The van der Waals surface area contributed by atoms with Gasteiger partial charge in [-0.25, -0.2) is 0 Å². The number of hydrogen-bond donors (Lipinski definition) is 1. The number of benzene rings is 2. The second kappa shape index (κ2) is 10.1. The van der Waals surface area contributed by atoms with Crippen molar-refractivity contribution in [2.75, 3.05) is 19.6 Å². The molecule has 3 nitrogen and oxygen atoms in total. The first kappa shape index (κ1) is 20.9. The Balaban J connectivity index is 1.59. The molecule has 0 amide bonds. The first-order valence-corrected chi connectivity index (χ1v) is 10.9. The number of halogens is 3. The van der Waals surface area contributed by atoms with Gasteiger partial charge in [0.05, 0.1) is 10.0 Å². The molecule has 2 aromatic rings. The van der Waals surface area contributed by atoms with Gasteiger partial charge in [-0.15, -0.1) is 0 Å². The van der Waals surface area contributed by atoms with Crippen LogP contribution in [0.25, 0.3) is 0 Å². The summed E-state index contributed by atoms with van der Waals surface area (Å²) >= 11 is 15.6. The van der Waals surface area contributed by atoms with E-state index in [1.807, 2.05) is 24.3 Å². The molecule has 0 bridgehead atoms. The average molecular weight is 472 g/mol. The number of likely N-dealkylation sites (N-methyl/N-ethyl adjacent to an activating group) is 1. The van der Waals surface area contributed by atoms with Crippen LogP contribution in [0.4, 0.5) is 0 Å². The van der Waals surface area contributed by atoms with E-state index in [1.165, 1.54) is 19.4 Å². The van der Waals surface area contributed by atoms with Crippen molar-refractivity contribution in [3.05, 3.63) is 62.0 Å². The summed E-state index contributed by atoms with van der Waals surface area (Å²) in [6.45, 7) is 6.83. The van der Waals surface area contributed by atoms with E-state index in [1.54, 1.807) is 6.07 Å². The Morgan fingerprint density at radius 2 is 2.04 bits per heavy atom. The maximum atomic E-state index is 6.09. The first-order valence-electron chi connectivity index (χ1n) is 9.36. The van der Waals surface area contributed by atoms with Gasteiger partial charge in [0.1, 0.15) is 12.4 Å². The van der Waals surface area contributed by atoms with Gasteiger partial charge in [0.15, 0.2) is 0 Å². The average Bonchev–Trinajstić information content (AvgIpc) is 3.11. The van der Waals surface area contributed by atoms with Gasteiger partial charge in [-0.1, -0.05) is 52.1 Å². The van der Waals surface area contributed by atoms with Gasteiger partial charge in [0.25, 0.3) is 0 Å². The molecule has 1 atom stereocenters. The van der Waals surface area contributed by atoms with Crippen molar-refractivity contribution >= 4 is 39.1 Å². The van der Waals surface area contributed by atoms with E-state index in [0.29, 0.717) is 22.7 Å². The molecule has 1 aliphatic heterocycles. The van der Waals surface area contributed by atoms with Crippen LogP contribution in [0.15, 0.2) is 40.9 Å². The molecule has 0 saturated carbocycles. The van der Waals surface area contributed by atoms with Gasteiger partial charge in [-0.2, -0.15) is 0 Å². The summed E-state index contributed by atoms with van der Waals surface area (Å²) in [5.74, 6) is 0.885. The lowest BCUT2D eigenvalue weighted by Crippen LogP contribution is -2.37. The maximum absolute atomic E-state index is 6.09. The fourth-order valence-electron chi connectivity index (χ4n) is 3.53. The molecule has 0 aromatic heterocycles. The number of likely N-dealkylation sites (tertiary alicyclic amines) is 1. The van der Waals surface area contributed by atoms with Gasteiger partial charge in [0.2, 0.25) is 0 Å². The van der Waals surface area contributed by atoms with Crippen molar-refractivity contribution in [1.82, 2.24) is 10.2 Å². The molecule has 1 heterocycles. The second-order valence-electron chi connectivity index (χ2n) is 6.84. The monoisotopic (exact) mass is 470 g/mol. The fourth-order valence-corrected chi connectivity index (χ4v) is 4.26. The van der Waals surface area contributed by atoms with Gasteiger partial charge >= 0.3 is 0 Å². The molecule has 2 aromatic carbocycles. The highest BCUT2D eigenvalue weighted by Gasteiger charge is 2.22. The third kappa shape index (κ3) is 5.85. The van der Waals surface area contributed by atoms with Gasteiger partial charge < -0.3 is 10.1 Å². The van der Waals surface area contributed by atoms with Crippen LogP contribution < -0.4 is 10.1 Å². The van der Waals surface area contributed by atoms with Crippen LogP contribution in [0.5, 0.6) is 5.75 Å². The molecule has 1 N–H and O–H groups in total. The normalized spacial score (nSPS) is 17.4. The Morgan fingerprint density at radius 3 is 2.81 bits per heavy atom. The van der Waals surface area contributed by atoms with Crippen LogP contribution in [0, 0.1) is 0 Å². The molecule has 3 rings (SSSR count). The molecule has 6 heteroatoms. The molecule has 1 fully saturated rings. The van der Waals surface area contributed by atoms with Crippen LogP contribution in [0.2, 0.25) is 10.0 Å². The summed E-state index contributed by atoms with van der Waals surface area (Å²) in [6, 6.07) is 12.3. The van der Waals surface area contributed by atoms with Gasteiger partial charge in [0, 0.05) is 29.2 Å². The van der Waals surface area contributed by atoms with Crippen LogP contribution in [0.3, 0.4) is 0 Å². The molecule has 0 spiro atoms. The minimum atomic E-state index is 0.456. The van der Waals surface area contributed by atoms with E-state index < -0.39 is 0 Å². The molecule has 27 heavy (non-hydrogen) atoms. The quantitative estimate of drug-likeness (QED) is 0.517. The van der Waals surface area contributed by atoms with Crippen molar-refractivity contribution in [2.24, 2.45) is 0 Å². The van der Waals surface area contributed by atoms with E-state index in [0.717, 1.165) is 41.0 Å². The van der Waals surface area contributed by atoms with Crippen molar-refractivity contribution in [3.8, 4) is 5.75 Å². The smallest absolute Gasteiger partial charge is 0.124 e. The predicted octanol–water partition coefficient (Wildman–Crippen LogP) is 5.91. The van der Waals surface area contributed by atoms with Gasteiger partial charge in [-0.3, -0.25) is 4.90 Å². The number of hydrogen-bond acceptors (Lipinski definition) is 3. The first-order chi connectivity index (χ1) is 13.1. The van der Waals surface area contributed by atoms with Crippen molar-refractivity contribution in [2.45, 2.75) is 39.0 Å². The number of ether oxygens (including phenoxy) is 1. The molecule has 0 unspecified atom stereocenters. The standard InChI is InChI=1S/C21H25BrCl2N2O/c1-2-26-9-3-4-18(26)13-25-12-16-11-17(22)6-8-21(16)27-14-15-5-7-19(23)20(24)10-15/h5-8,10-11,18,25H,2-4,9,12-14H2,1H3/t18-/m1/s1. The zero-order chi connectivity index (χ0) is 19.2. The summed E-state index contributed by atoms with van der Waals surface area (Å²) in [5.41, 5.74) is 2.14. The molecule has 0 radical (unpaired) electrons. The maximum Gasteiger partial charge on any atom is 0.124 e. The largest absolute Gasteiger partial charge is 0.489 e. The minimum absolute atomic E-state index is 0.456. The summed E-state index contributed by atoms with van der Waals surface area (Å²) in [5, 5.41) is 4.72. The Hall–Kier alpha value is -0.780. The number of rotatable bonds is 8. The minimum Gasteiger partial charge on any atom is -0.489 e. The van der Waals surface area contributed by atoms with E-state index in [9.17, 15) is 0 Å². The highest BCUT2D eigenvalue weighted by atomic mass is 79.9. The van der Waals surface area contributed by atoms with Crippen molar-refractivity contribution < 1.29 is 4.74 Å². The summed E-state index contributed by atoms with van der Waals surface area (Å²) < 4.78 is 7.12. The van der Waals surface area contributed by atoms with Crippen molar-refractivity contribution in [1.29, 1.82) is 0 Å². The molecule has 0 aliphatic carbocycles. The molecular formula is C21H25BrCl2N2O. The lowest BCUT2D eigenvalue weighted by molar-refractivity contribution is 0.259. The van der Waals surface area contributed by atoms with Crippen LogP contribution in [-0.2, 0) is 13.2 Å². The lowest BCUT2D eigenvalue weighted by atomic mass is 10.1. The van der Waals surface area contributed by atoms with Gasteiger partial charge in [-0.05, 0) is 61.8 Å². The Labute approximate surface area is 180 Å². The topological polar surface area (TPSA) is 24.5 Å². The van der Waals surface area contributed by atoms with E-state index >= 15 is 0 Å². The Kier molecular flexibility index (Phi) is 7.86. The van der Waals surface area contributed by atoms with E-state index in [4.69, 9.17) is 27.9 Å². The predicted molar refractivity (Wildman–Crippen MR) is 117 cm³/mol. The zero-order valence-electron chi connectivity index (χ0n) is 15.5. The van der Waals surface area contributed by atoms with Crippen LogP contribution >= 0.6 is 39.1 Å². The fraction of sp³-hybridized carbons (Fsp3) is 0.429. The second-order valence-corrected chi connectivity index (χ2v) is 8.57.